The molecule has 2 N–H and O–H groups in total. The topological polar surface area (TPSA) is 90.7 Å². The van der Waals surface area contributed by atoms with E-state index in [2.05, 4.69) is 26.7 Å². The second-order valence-corrected chi connectivity index (χ2v) is 3.58. The van der Waals surface area contributed by atoms with Crippen LogP contribution in [0.2, 0.25) is 0 Å². The summed E-state index contributed by atoms with van der Waals surface area (Å²) < 4.78 is 5.09. The van der Waals surface area contributed by atoms with Crippen LogP contribution in [0.4, 0.5) is 5.82 Å². The normalized spacial score (nSPS) is 11.9. The van der Waals surface area contributed by atoms with Crippen molar-refractivity contribution in [2.75, 3.05) is 5.73 Å². The molecule has 2 aromatic heterocycles. The van der Waals surface area contributed by atoms with Gasteiger partial charge in [-0.15, -0.1) is 10.2 Å². The van der Waals surface area contributed by atoms with Crippen molar-refractivity contribution in [3.05, 3.63) is 49.2 Å². The number of nitrogens with zero attached hydrogens (tertiary/aromatic N) is 4. The molecule has 0 atom stereocenters. The first-order valence-electron chi connectivity index (χ1n) is 5.61. The molecule has 2 aromatic rings. The molecule has 0 spiro atoms. The Morgan fingerprint density at radius 2 is 2.32 bits per heavy atom. The van der Waals surface area contributed by atoms with Crippen LogP contribution in [-0.2, 0) is 0 Å². The maximum Gasteiger partial charge on any atom is 0.269 e. The Balaban J connectivity index is 2.49. The predicted octanol–water partition coefficient (Wildman–Crippen LogP) is 2.25. The average molecular weight is 255 g/mol. The van der Waals surface area contributed by atoms with Crippen molar-refractivity contribution < 1.29 is 4.42 Å². The first-order valence-corrected chi connectivity index (χ1v) is 5.61. The molecule has 0 aliphatic heterocycles. The molecule has 0 saturated carbocycles. The molecule has 0 unspecified atom stereocenters. The summed E-state index contributed by atoms with van der Waals surface area (Å²) in [6, 6.07) is 0. The molecule has 0 fully saturated rings. The average Bonchev–Trinajstić information content (AvgIpc) is 2.95. The van der Waals surface area contributed by atoms with Gasteiger partial charge in [0.25, 0.3) is 5.89 Å². The molecule has 0 radical (unpaired) electrons. The van der Waals surface area contributed by atoms with Gasteiger partial charge in [-0.1, -0.05) is 30.9 Å². The second kappa shape index (κ2) is 5.72. The van der Waals surface area contributed by atoms with Crippen molar-refractivity contribution in [1.29, 1.82) is 0 Å². The summed E-state index contributed by atoms with van der Waals surface area (Å²) in [6.45, 7) is 5.68. The number of hydrogen-bond donors (Lipinski definition) is 1. The minimum atomic E-state index is 0.237. The Labute approximate surface area is 110 Å². The van der Waals surface area contributed by atoms with E-state index in [1.54, 1.807) is 12.3 Å². The third kappa shape index (κ3) is 2.74. The van der Waals surface area contributed by atoms with Crippen LogP contribution in [0, 0.1) is 0 Å². The summed E-state index contributed by atoms with van der Waals surface area (Å²) >= 11 is 0. The zero-order chi connectivity index (χ0) is 13.7. The van der Waals surface area contributed by atoms with Crippen molar-refractivity contribution in [3.63, 3.8) is 0 Å². The Morgan fingerprint density at radius 1 is 1.47 bits per heavy atom. The molecule has 0 amide bonds. The molecule has 6 heteroatoms. The highest BCUT2D eigenvalue weighted by Gasteiger charge is 2.13. The minimum Gasteiger partial charge on any atom is -0.422 e. The standard InChI is InChI=1S/C13H13N5O/c1-3-5-6-9(4-2)10-7-15-12(14)11(17-10)13-18-16-8-19-13/h3-8H,2H2,1H3,(H2,14,15)/b5-3-,9-6+. The summed E-state index contributed by atoms with van der Waals surface area (Å²) in [5.74, 6) is 0.476. The van der Waals surface area contributed by atoms with Crippen molar-refractivity contribution in [2.45, 2.75) is 6.92 Å². The van der Waals surface area contributed by atoms with E-state index in [1.807, 2.05) is 25.2 Å². The smallest absolute Gasteiger partial charge is 0.269 e. The summed E-state index contributed by atoms with van der Waals surface area (Å²) in [4.78, 5) is 8.47. The van der Waals surface area contributed by atoms with Gasteiger partial charge in [0.2, 0.25) is 6.39 Å². The Hall–Kier alpha value is -2.76. The highest BCUT2D eigenvalue weighted by molar-refractivity contribution is 5.74. The van der Waals surface area contributed by atoms with E-state index in [0.29, 0.717) is 11.4 Å². The van der Waals surface area contributed by atoms with Crippen molar-refractivity contribution in [3.8, 4) is 11.6 Å². The van der Waals surface area contributed by atoms with Crippen LogP contribution in [0.5, 0.6) is 0 Å². The van der Waals surface area contributed by atoms with Crippen LogP contribution < -0.4 is 5.73 Å². The Kier molecular flexibility index (Phi) is 3.82. The lowest BCUT2D eigenvalue weighted by Gasteiger charge is -2.04. The first kappa shape index (κ1) is 12.7. The monoisotopic (exact) mass is 255 g/mol. The summed E-state index contributed by atoms with van der Waals surface area (Å²) in [5, 5.41) is 7.38. The van der Waals surface area contributed by atoms with E-state index >= 15 is 0 Å². The third-order valence-corrected chi connectivity index (χ3v) is 2.35. The largest absolute Gasteiger partial charge is 0.422 e. The maximum absolute atomic E-state index is 5.76. The van der Waals surface area contributed by atoms with Crippen molar-refractivity contribution in [2.24, 2.45) is 0 Å². The number of allylic oxidation sites excluding steroid dienone is 5. The third-order valence-electron chi connectivity index (χ3n) is 2.35. The van der Waals surface area contributed by atoms with Gasteiger partial charge >= 0.3 is 0 Å². The lowest BCUT2D eigenvalue weighted by molar-refractivity contribution is 0.566. The fourth-order valence-corrected chi connectivity index (χ4v) is 1.43. The summed E-state index contributed by atoms with van der Waals surface area (Å²) in [6.07, 6.45) is 10.2. The molecule has 2 rings (SSSR count). The fourth-order valence-electron chi connectivity index (χ4n) is 1.43. The number of hydrogen-bond acceptors (Lipinski definition) is 6. The van der Waals surface area contributed by atoms with Gasteiger partial charge in [-0.25, -0.2) is 9.97 Å². The van der Waals surface area contributed by atoms with Gasteiger partial charge in [0.15, 0.2) is 11.5 Å². The maximum atomic E-state index is 5.76. The molecule has 0 aliphatic carbocycles. The van der Waals surface area contributed by atoms with E-state index in [9.17, 15) is 0 Å². The SMILES string of the molecule is C=C/C(=C\C=C/C)c1cnc(N)c(-c2nnco2)n1. The molecule has 19 heavy (non-hydrogen) atoms. The second-order valence-electron chi connectivity index (χ2n) is 3.58. The number of nitrogens with two attached hydrogens (primary N) is 1. The van der Waals surface area contributed by atoms with Gasteiger partial charge in [-0.2, -0.15) is 0 Å². The lowest BCUT2D eigenvalue weighted by atomic mass is 10.1. The van der Waals surface area contributed by atoms with E-state index < -0.39 is 0 Å². The lowest BCUT2D eigenvalue weighted by Crippen LogP contribution is -2.00. The van der Waals surface area contributed by atoms with E-state index in [1.165, 1.54) is 6.39 Å². The van der Waals surface area contributed by atoms with Crippen LogP contribution in [0.15, 0.2) is 47.9 Å². The van der Waals surface area contributed by atoms with Gasteiger partial charge in [-0.05, 0) is 6.92 Å². The molecule has 0 aromatic carbocycles. The van der Waals surface area contributed by atoms with Crippen molar-refractivity contribution >= 4 is 11.4 Å². The van der Waals surface area contributed by atoms with Gasteiger partial charge in [0.05, 0.1) is 11.9 Å². The molecule has 0 saturated heterocycles. The highest BCUT2D eigenvalue weighted by Crippen LogP contribution is 2.22. The zero-order valence-electron chi connectivity index (χ0n) is 10.4. The van der Waals surface area contributed by atoms with Crippen LogP contribution in [0.3, 0.4) is 0 Å². The first-order chi connectivity index (χ1) is 9.26. The molecule has 0 aliphatic rings. The molecule has 0 bridgehead atoms. The molecule has 96 valence electrons. The molecular formula is C13H13N5O. The van der Waals surface area contributed by atoms with E-state index in [0.717, 1.165) is 5.57 Å². The zero-order valence-corrected chi connectivity index (χ0v) is 10.4. The van der Waals surface area contributed by atoms with E-state index in [-0.39, 0.29) is 11.7 Å². The van der Waals surface area contributed by atoms with Crippen molar-refractivity contribution in [1.82, 2.24) is 20.2 Å². The summed E-state index contributed by atoms with van der Waals surface area (Å²) in [5.41, 5.74) is 7.59. The van der Waals surface area contributed by atoms with Gasteiger partial charge < -0.3 is 10.2 Å². The van der Waals surface area contributed by atoms with E-state index in [4.69, 9.17) is 10.2 Å². The Bertz CT molecular complexity index is 628. The minimum absolute atomic E-state index is 0.237. The quantitative estimate of drug-likeness (QED) is 0.842. The van der Waals surface area contributed by atoms with Crippen LogP contribution >= 0.6 is 0 Å². The van der Waals surface area contributed by atoms with Gasteiger partial charge in [0.1, 0.15) is 0 Å². The van der Waals surface area contributed by atoms with Gasteiger partial charge in [0, 0.05) is 5.57 Å². The molecular weight excluding hydrogens is 242 g/mol. The number of anilines is 1. The number of rotatable bonds is 4. The summed E-state index contributed by atoms with van der Waals surface area (Å²) in [7, 11) is 0. The van der Waals surface area contributed by atoms with Gasteiger partial charge in [-0.3, -0.25) is 0 Å². The highest BCUT2D eigenvalue weighted by atomic mass is 16.4. The number of nitrogen functional groups attached to an aromatic ring is 1. The Morgan fingerprint density at radius 3 is 2.95 bits per heavy atom. The van der Waals surface area contributed by atoms with Crippen LogP contribution in [-0.4, -0.2) is 20.2 Å². The van der Waals surface area contributed by atoms with Crippen LogP contribution in [0.25, 0.3) is 17.2 Å². The number of aromatic nitrogens is 4. The van der Waals surface area contributed by atoms with Crippen LogP contribution in [0.1, 0.15) is 12.6 Å². The molecule has 2 heterocycles. The molecule has 6 nitrogen and oxygen atoms in total. The fraction of sp³-hybridized carbons (Fsp3) is 0.0769. The predicted molar refractivity (Wildman–Crippen MR) is 72.7 cm³/mol.